The lowest BCUT2D eigenvalue weighted by Gasteiger charge is -2.22. The highest BCUT2D eigenvalue weighted by Gasteiger charge is 2.40. The zero-order valence-electron chi connectivity index (χ0n) is 8.11. The molecule has 1 rings (SSSR count). The van der Waals surface area contributed by atoms with Gasteiger partial charge in [-0.3, -0.25) is 9.69 Å². The van der Waals surface area contributed by atoms with Crippen LogP contribution in [-0.4, -0.2) is 59.8 Å². The van der Waals surface area contributed by atoms with Crippen LogP contribution in [0.1, 0.15) is 6.42 Å². The molecule has 1 N–H and O–H groups in total. The van der Waals surface area contributed by atoms with Crippen molar-refractivity contribution in [3.8, 4) is 0 Å². The Bertz CT molecular complexity index is 257. The Balaban J connectivity index is 2.76. The molecule has 2 atom stereocenters. The fraction of sp³-hybridized carbons (Fsp3) is 0.750. The van der Waals surface area contributed by atoms with Gasteiger partial charge in [-0.1, -0.05) is 0 Å². The van der Waals surface area contributed by atoms with Gasteiger partial charge in [-0.05, 0) is 0 Å². The monoisotopic (exact) mass is 204 g/mol. The molecule has 80 valence electrons. The minimum Gasteiger partial charge on any atom is -0.465 e. The van der Waals surface area contributed by atoms with Crippen molar-refractivity contribution in [1.82, 2.24) is 9.80 Å². The zero-order chi connectivity index (χ0) is 10.9. The number of rotatable bonds is 1. The summed E-state index contributed by atoms with van der Waals surface area (Å²) in [6, 6.07) is -0.863. The summed E-state index contributed by atoms with van der Waals surface area (Å²) >= 11 is 0. The second kappa shape index (κ2) is 3.81. The minimum atomic E-state index is -1.25. The summed E-state index contributed by atoms with van der Waals surface area (Å²) in [4.78, 5) is 24.3. The lowest BCUT2D eigenvalue weighted by atomic mass is 10.2. The Morgan fingerprint density at radius 2 is 2.07 bits per heavy atom. The quantitative estimate of drug-likeness (QED) is 0.662. The van der Waals surface area contributed by atoms with Gasteiger partial charge in [0.15, 0.2) is 0 Å². The maximum Gasteiger partial charge on any atom is 0.408 e. The summed E-state index contributed by atoms with van der Waals surface area (Å²) in [5.74, 6) is -0.368. The molecule has 1 fully saturated rings. The lowest BCUT2D eigenvalue weighted by molar-refractivity contribution is -0.132. The van der Waals surface area contributed by atoms with Crippen molar-refractivity contribution < 1.29 is 19.1 Å². The number of carbonyl (C=O) groups is 2. The molecule has 0 aromatic carbocycles. The van der Waals surface area contributed by atoms with Crippen molar-refractivity contribution in [1.29, 1.82) is 0 Å². The molecule has 0 saturated carbocycles. The fourth-order valence-electron chi connectivity index (χ4n) is 1.53. The van der Waals surface area contributed by atoms with Crippen LogP contribution in [0.15, 0.2) is 0 Å². The number of carboxylic acid groups (broad SMARTS) is 1. The van der Waals surface area contributed by atoms with E-state index in [1.807, 2.05) is 0 Å². The number of carbonyl (C=O) groups excluding carboxylic acids is 1. The molecule has 0 spiro atoms. The predicted molar refractivity (Wildman–Crippen MR) is 46.7 cm³/mol. The number of hydrogen-bond acceptors (Lipinski definition) is 2. The second-order valence-corrected chi connectivity index (χ2v) is 3.52. The average molecular weight is 204 g/mol. The van der Waals surface area contributed by atoms with Crippen molar-refractivity contribution >= 4 is 12.0 Å². The number of amides is 2. The van der Waals surface area contributed by atoms with E-state index in [2.05, 4.69) is 0 Å². The first kappa shape index (κ1) is 10.7. The van der Waals surface area contributed by atoms with E-state index in [1.54, 1.807) is 0 Å². The van der Waals surface area contributed by atoms with E-state index in [4.69, 9.17) is 5.11 Å². The highest BCUT2D eigenvalue weighted by Crippen LogP contribution is 2.21. The third-order valence-corrected chi connectivity index (χ3v) is 2.22. The summed E-state index contributed by atoms with van der Waals surface area (Å²) in [7, 11) is 3.04. The average Bonchev–Trinajstić information content (AvgIpc) is 2.45. The smallest absolute Gasteiger partial charge is 0.408 e. The Hall–Kier alpha value is -1.33. The topological polar surface area (TPSA) is 60.9 Å². The van der Waals surface area contributed by atoms with Gasteiger partial charge >= 0.3 is 6.09 Å². The van der Waals surface area contributed by atoms with Gasteiger partial charge in [0.25, 0.3) is 0 Å². The van der Waals surface area contributed by atoms with Crippen LogP contribution < -0.4 is 0 Å². The van der Waals surface area contributed by atoms with Gasteiger partial charge in [-0.2, -0.15) is 0 Å². The summed E-state index contributed by atoms with van der Waals surface area (Å²) in [6.07, 6.45) is -2.52. The van der Waals surface area contributed by atoms with Gasteiger partial charge < -0.3 is 10.0 Å². The number of alkyl halides is 1. The van der Waals surface area contributed by atoms with E-state index >= 15 is 0 Å². The van der Waals surface area contributed by atoms with Crippen LogP contribution in [0.25, 0.3) is 0 Å². The highest BCUT2D eigenvalue weighted by atomic mass is 19.1. The molecule has 1 saturated heterocycles. The van der Waals surface area contributed by atoms with Crippen molar-refractivity contribution in [3.05, 3.63) is 0 Å². The van der Waals surface area contributed by atoms with Crippen LogP contribution in [0.3, 0.4) is 0 Å². The first-order valence-electron chi connectivity index (χ1n) is 4.28. The van der Waals surface area contributed by atoms with E-state index in [1.165, 1.54) is 19.0 Å². The van der Waals surface area contributed by atoms with E-state index < -0.39 is 18.3 Å². The molecular formula is C8H13FN2O3. The summed E-state index contributed by atoms with van der Waals surface area (Å²) in [6.45, 7) is -0.209. The normalized spacial score (nSPS) is 26.4. The van der Waals surface area contributed by atoms with Crippen molar-refractivity contribution in [2.75, 3.05) is 20.6 Å². The maximum absolute atomic E-state index is 12.9. The summed E-state index contributed by atoms with van der Waals surface area (Å²) in [5.41, 5.74) is 0. The molecule has 1 aliphatic rings. The van der Waals surface area contributed by atoms with Gasteiger partial charge in [0.2, 0.25) is 5.91 Å². The van der Waals surface area contributed by atoms with Crippen LogP contribution in [0.2, 0.25) is 0 Å². The van der Waals surface area contributed by atoms with E-state index in [-0.39, 0.29) is 18.9 Å². The number of likely N-dealkylation sites (N-methyl/N-ethyl adjacent to an activating group) is 1. The first-order chi connectivity index (χ1) is 6.43. The lowest BCUT2D eigenvalue weighted by Crippen LogP contribution is -2.44. The van der Waals surface area contributed by atoms with Crippen LogP contribution in [0, 0.1) is 0 Å². The van der Waals surface area contributed by atoms with Gasteiger partial charge in [-0.15, -0.1) is 0 Å². The van der Waals surface area contributed by atoms with E-state index in [0.717, 1.165) is 4.90 Å². The molecule has 1 aliphatic heterocycles. The molecule has 2 amide bonds. The van der Waals surface area contributed by atoms with Crippen molar-refractivity contribution in [2.24, 2.45) is 0 Å². The molecular weight excluding hydrogens is 191 g/mol. The third kappa shape index (κ3) is 1.94. The van der Waals surface area contributed by atoms with E-state index in [0.29, 0.717) is 0 Å². The first-order valence-corrected chi connectivity index (χ1v) is 4.28. The van der Waals surface area contributed by atoms with Crippen LogP contribution in [-0.2, 0) is 4.79 Å². The molecule has 0 aromatic heterocycles. The van der Waals surface area contributed by atoms with Crippen molar-refractivity contribution in [3.63, 3.8) is 0 Å². The molecule has 0 unspecified atom stereocenters. The molecule has 0 radical (unpaired) electrons. The predicted octanol–water partition coefficient (Wildman–Crippen LogP) is 0.165. The van der Waals surface area contributed by atoms with Crippen molar-refractivity contribution in [2.45, 2.75) is 18.6 Å². The van der Waals surface area contributed by atoms with Gasteiger partial charge in [-0.25, -0.2) is 9.18 Å². The highest BCUT2D eigenvalue weighted by molar-refractivity contribution is 5.85. The Labute approximate surface area is 81.1 Å². The molecule has 6 heteroatoms. The molecule has 0 aromatic rings. The summed E-state index contributed by atoms with van der Waals surface area (Å²) in [5, 5.41) is 8.72. The molecule has 5 nitrogen and oxygen atoms in total. The molecule has 14 heavy (non-hydrogen) atoms. The second-order valence-electron chi connectivity index (χ2n) is 3.52. The molecule has 1 heterocycles. The van der Waals surface area contributed by atoms with Gasteiger partial charge in [0.05, 0.1) is 6.54 Å². The number of hydrogen-bond donors (Lipinski definition) is 1. The van der Waals surface area contributed by atoms with Crippen LogP contribution in [0.5, 0.6) is 0 Å². The third-order valence-electron chi connectivity index (χ3n) is 2.22. The number of nitrogens with zero attached hydrogens (tertiary/aromatic N) is 2. The Morgan fingerprint density at radius 1 is 1.50 bits per heavy atom. The van der Waals surface area contributed by atoms with Gasteiger partial charge in [0, 0.05) is 20.5 Å². The summed E-state index contributed by atoms with van der Waals surface area (Å²) < 4.78 is 12.9. The molecule has 0 aliphatic carbocycles. The SMILES string of the molecule is CN(C)C(=O)[C@@H]1C[C@H](F)CN1C(=O)O. The minimum absolute atomic E-state index is 0.0384. The Kier molecular flexibility index (Phi) is 2.93. The zero-order valence-corrected chi connectivity index (χ0v) is 8.11. The van der Waals surface area contributed by atoms with Crippen LogP contribution >= 0.6 is 0 Å². The van der Waals surface area contributed by atoms with E-state index in [9.17, 15) is 14.0 Å². The van der Waals surface area contributed by atoms with Crippen LogP contribution in [0.4, 0.5) is 9.18 Å². The fourth-order valence-corrected chi connectivity index (χ4v) is 1.53. The number of likely N-dealkylation sites (tertiary alicyclic amines) is 1. The van der Waals surface area contributed by atoms with Gasteiger partial charge in [0.1, 0.15) is 12.2 Å². The maximum atomic E-state index is 12.9. The number of halogens is 1. The Morgan fingerprint density at radius 3 is 2.50 bits per heavy atom. The standard InChI is InChI=1S/C8H13FN2O3/c1-10(2)7(12)6-3-5(9)4-11(6)8(13)14/h5-6H,3-4H2,1-2H3,(H,13,14)/t5-,6-/m0/s1. The molecule has 0 bridgehead atoms. The largest absolute Gasteiger partial charge is 0.465 e.